The topological polar surface area (TPSA) is 42.0 Å². The predicted octanol–water partition coefficient (Wildman–Crippen LogP) is 5.32. The Hall–Kier alpha value is -0.540. The molecule has 8 heteroatoms. The van der Waals surface area contributed by atoms with Crippen LogP contribution in [0.1, 0.15) is 10.6 Å². The Morgan fingerprint density at radius 2 is 2.09 bits per heavy atom. The van der Waals surface area contributed by atoms with Crippen LogP contribution < -0.4 is 5.32 Å². The molecular weight excluding hydrogens is 468 g/mol. The number of halogens is 2. The third-order valence-corrected chi connectivity index (χ3v) is 7.14. The lowest BCUT2D eigenvalue weighted by Crippen LogP contribution is -2.24. The number of carbonyl (C=O) groups is 1. The highest BCUT2D eigenvalue weighted by atomic mass is 79.9. The lowest BCUT2D eigenvalue weighted by atomic mass is 10.3. The van der Waals surface area contributed by atoms with Gasteiger partial charge in [-0.1, -0.05) is 0 Å². The summed E-state index contributed by atoms with van der Waals surface area (Å²) in [6.45, 7) is 0.559. The van der Waals surface area contributed by atoms with Gasteiger partial charge in [0.1, 0.15) is 5.01 Å². The van der Waals surface area contributed by atoms with Crippen LogP contribution in [0.25, 0.3) is 9.88 Å². The third-order valence-electron chi connectivity index (χ3n) is 2.76. The highest BCUT2D eigenvalue weighted by molar-refractivity contribution is 9.11. The van der Waals surface area contributed by atoms with Gasteiger partial charge in [0, 0.05) is 20.1 Å². The van der Waals surface area contributed by atoms with Crippen LogP contribution in [0.15, 0.2) is 37.2 Å². The van der Waals surface area contributed by atoms with Gasteiger partial charge >= 0.3 is 0 Å². The summed E-state index contributed by atoms with van der Waals surface area (Å²) in [6, 6.07) is 6.03. The fourth-order valence-electron chi connectivity index (χ4n) is 1.79. The lowest BCUT2D eigenvalue weighted by Gasteiger charge is -2.01. The summed E-state index contributed by atoms with van der Waals surface area (Å²) in [5, 5.41) is 7.86. The van der Waals surface area contributed by atoms with Crippen LogP contribution in [0.3, 0.4) is 0 Å². The molecule has 0 radical (unpaired) electrons. The van der Waals surface area contributed by atoms with Crippen molar-refractivity contribution in [1.82, 2.24) is 10.3 Å². The Morgan fingerprint density at radius 1 is 1.23 bits per heavy atom. The van der Waals surface area contributed by atoms with E-state index in [1.165, 1.54) is 0 Å². The van der Waals surface area contributed by atoms with Gasteiger partial charge in [-0.25, -0.2) is 4.98 Å². The number of thiophene rings is 2. The fourth-order valence-corrected chi connectivity index (χ4v) is 5.54. The quantitative estimate of drug-likeness (QED) is 0.540. The van der Waals surface area contributed by atoms with Gasteiger partial charge in [0.2, 0.25) is 5.91 Å². The molecule has 3 heterocycles. The van der Waals surface area contributed by atoms with Crippen LogP contribution in [0, 0.1) is 0 Å². The Balaban J connectivity index is 1.56. The smallest absolute Gasteiger partial charge is 0.226 e. The van der Waals surface area contributed by atoms with Crippen LogP contribution in [0.5, 0.6) is 0 Å². The average Bonchev–Trinajstić information content (AvgIpc) is 3.18. The van der Waals surface area contributed by atoms with Crippen LogP contribution >= 0.6 is 65.9 Å². The molecular formula is C14H10Br2N2OS3. The SMILES string of the molecule is O=C(Cc1csc(-c2cc(Br)cs2)n1)NCc1ccc(Br)s1. The minimum Gasteiger partial charge on any atom is -0.351 e. The molecule has 0 unspecified atom stereocenters. The number of thiazole rings is 1. The van der Waals surface area contributed by atoms with Crippen molar-refractivity contribution >= 4 is 71.8 Å². The fraction of sp³-hybridized carbons (Fsp3) is 0.143. The number of nitrogens with one attached hydrogen (secondary N) is 1. The molecule has 0 aromatic carbocycles. The van der Waals surface area contributed by atoms with Gasteiger partial charge in [-0.15, -0.1) is 34.0 Å². The highest BCUT2D eigenvalue weighted by Gasteiger charge is 2.10. The summed E-state index contributed by atoms with van der Waals surface area (Å²) in [6.07, 6.45) is 0.315. The Labute approximate surface area is 156 Å². The molecule has 0 spiro atoms. The summed E-state index contributed by atoms with van der Waals surface area (Å²) >= 11 is 11.7. The number of aromatic nitrogens is 1. The second-order valence-corrected chi connectivity index (χ2v) is 9.67. The molecule has 0 aliphatic heterocycles. The van der Waals surface area contributed by atoms with Crippen LogP contribution in [0.4, 0.5) is 0 Å². The molecule has 3 aromatic heterocycles. The molecule has 3 aromatic rings. The molecule has 0 aliphatic carbocycles. The molecule has 0 bridgehead atoms. The summed E-state index contributed by atoms with van der Waals surface area (Å²) in [7, 11) is 0. The Morgan fingerprint density at radius 3 is 2.77 bits per heavy atom. The maximum atomic E-state index is 12.0. The second-order valence-electron chi connectivity index (χ2n) is 4.43. The van der Waals surface area contributed by atoms with Crippen LogP contribution in [0.2, 0.25) is 0 Å². The monoisotopic (exact) mass is 476 g/mol. The number of hydrogen-bond acceptors (Lipinski definition) is 5. The average molecular weight is 478 g/mol. The normalized spacial score (nSPS) is 10.8. The maximum absolute atomic E-state index is 12.0. The molecule has 0 saturated carbocycles. The zero-order valence-electron chi connectivity index (χ0n) is 11.1. The van der Waals surface area contributed by atoms with Gasteiger partial charge in [-0.3, -0.25) is 4.79 Å². The van der Waals surface area contributed by atoms with Gasteiger partial charge < -0.3 is 5.32 Å². The van der Waals surface area contributed by atoms with Crippen molar-refractivity contribution in [3.63, 3.8) is 0 Å². The van der Waals surface area contributed by atoms with Gasteiger partial charge in [-0.2, -0.15) is 0 Å². The molecule has 0 saturated heterocycles. The summed E-state index contributed by atoms with van der Waals surface area (Å²) in [4.78, 5) is 18.8. The lowest BCUT2D eigenvalue weighted by molar-refractivity contribution is -0.120. The van der Waals surface area contributed by atoms with Crippen molar-refractivity contribution < 1.29 is 4.79 Å². The first-order chi connectivity index (χ1) is 10.6. The molecule has 0 atom stereocenters. The van der Waals surface area contributed by atoms with E-state index in [4.69, 9.17) is 0 Å². The highest BCUT2D eigenvalue weighted by Crippen LogP contribution is 2.32. The zero-order chi connectivity index (χ0) is 15.5. The predicted molar refractivity (Wildman–Crippen MR) is 101 cm³/mol. The minimum atomic E-state index is -0.00580. The number of nitrogens with zero attached hydrogens (tertiary/aromatic N) is 1. The summed E-state index contributed by atoms with van der Waals surface area (Å²) in [5.41, 5.74) is 0.814. The van der Waals surface area contributed by atoms with Crippen molar-refractivity contribution in [3.8, 4) is 9.88 Å². The Kier molecular flexibility index (Phi) is 5.46. The summed E-state index contributed by atoms with van der Waals surface area (Å²) in [5.74, 6) is -0.00580. The van der Waals surface area contributed by atoms with Crippen LogP contribution in [-0.4, -0.2) is 10.9 Å². The number of amides is 1. The molecule has 1 amide bonds. The van der Waals surface area contributed by atoms with E-state index in [1.807, 2.05) is 29.0 Å². The van der Waals surface area contributed by atoms with Gasteiger partial charge in [0.05, 0.1) is 27.3 Å². The van der Waals surface area contributed by atoms with E-state index in [0.29, 0.717) is 13.0 Å². The molecule has 1 N–H and O–H groups in total. The van der Waals surface area contributed by atoms with Crippen molar-refractivity contribution in [1.29, 1.82) is 0 Å². The van der Waals surface area contributed by atoms with Gasteiger partial charge in [-0.05, 0) is 50.1 Å². The minimum absolute atomic E-state index is 0.00580. The Bertz CT molecular complexity index is 793. The largest absolute Gasteiger partial charge is 0.351 e. The number of rotatable bonds is 5. The number of carbonyl (C=O) groups excluding carboxylic acids is 1. The summed E-state index contributed by atoms with van der Waals surface area (Å²) < 4.78 is 2.13. The molecule has 22 heavy (non-hydrogen) atoms. The van der Waals surface area contributed by atoms with Crippen molar-refractivity contribution in [2.75, 3.05) is 0 Å². The molecule has 3 nitrogen and oxygen atoms in total. The van der Waals surface area contributed by atoms with E-state index in [1.54, 1.807) is 34.0 Å². The van der Waals surface area contributed by atoms with Gasteiger partial charge in [0.15, 0.2) is 0 Å². The van der Waals surface area contributed by atoms with E-state index in [0.717, 1.165) is 28.7 Å². The first-order valence-electron chi connectivity index (χ1n) is 6.30. The third kappa shape index (κ3) is 4.26. The molecule has 114 valence electrons. The maximum Gasteiger partial charge on any atom is 0.226 e. The van der Waals surface area contributed by atoms with E-state index < -0.39 is 0 Å². The van der Waals surface area contributed by atoms with Gasteiger partial charge in [0.25, 0.3) is 0 Å². The van der Waals surface area contributed by atoms with Crippen molar-refractivity contribution in [3.05, 3.63) is 47.8 Å². The second kappa shape index (κ2) is 7.35. The van der Waals surface area contributed by atoms with Crippen LogP contribution in [-0.2, 0) is 17.8 Å². The molecule has 0 fully saturated rings. The van der Waals surface area contributed by atoms with Crippen molar-refractivity contribution in [2.24, 2.45) is 0 Å². The van der Waals surface area contributed by atoms with E-state index >= 15 is 0 Å². The van der Waals surface area contributed by atoms with Crippen molar-refractivity contribution in [2.45, 2.75) is 13.0 Å². The first-order valence-corrected chi connectivity index (χ1v) is 10.5. The first kappa shape index (κ1) is 16.3. The standard InChI is InChI=1S/C14H10Br2N2OS3/c15-8-3-11(20-6-8)14-18-9(7-21-14)4-13(19)17-5-10-1-2-12(16)22-10/h1-3,6-7H,4-5H2,(H,17,19). The van der Waals surface area contributed by atoms with E-state index in [9.17, 15) is 4.79 Å². The zero-order valence-corrected chi connectivity index (χ0v) is 16.8. The molecule has 3 rings (SSSR count). The van der Waals surface area contributed by atoms with E-state index in [-0.39, 0.29) is 5.91 Å². The molecule has 0 aliphatic rings. The van der Waals surface area contributed by atoms with E-state index in [2.05, 4.69) is 42.2 Å². The number of hydrogen-bond donors (Lipinski definition) is 1.